The molecule has 2 atom stereocenters. The van der Waals surface area contributed by atoms with E-state index in [1.165, 1.54) is 5.56 Å². The minimum atomic E-state index is -0.492. The normalized spacial score (nSPS) is 24.2. The predicted molar refractivity (Wildman–Crippen MR) is 92.3 cm³/mol. The molecule has 1 N–H and O–H groups in total. The quantitative estimate of drug-likeness (QED) is 0.863. The van der Waals surface area contributed by atoms with E-state index in [2.05, 4.69) is 11.0 Å². The Morgan fingerprint density at radius 1 is 1.29 bits per heavy atom. The van der Waals surface area contributed by atoms with E-state index in [0.717, 1.165) is 37.2 Å². The maximum Gasteiger partial charge on any atom is 0.161 e. The van der Waals surface area contributed by atoms with Crippen LogP contribution >= 0.6 is 0 Å². The van der Waals surface area contributed by atoms with Crippen LogP contribution in [-0.4, -0.2) is 61.9 Å². The summed E-state index contributed by atoms with van der Waals surface area (Å²) < 4.78 is 17.1. The van der Waals surface area contributed by atoms with Crippen LogP contribution < -0.4 is 4.74 Å². The van der Waals surface area contributed by atoms with Gasteiger partial charge in [-0.05, 0) is 50.4 Å². The first-order chi connectivity index (χ1) is 11.6. The van der Waals surface area contributed by atoms with Crippen molar-refractivity contribution in [2.75, 3.05) is 39.5 Å². The number of rotatable bonds is 6. The van der Waals surface area contributed by atoms with Crippen molar-refractivity contribution in [3.8, 4) is 5.75 Å². The van der Waals surface area contributed by atoms with Crippen LogP contribution in [0.4, 0.5) is 0 Å². The molecule has 5 heteroatoms. The topological polar surface area (TPSA) is 51.2 Å². The number of β-amino-alcohol motifs (C(OH)–C–C–N with tert-alkyl or cyclic N) is 1. The molecule has 1 aromatic carbocycles. The Morgan fingerprint density at radius 2 is 2.08 bits per heavy atom. The highest BCUT2D eigenvalue weighted by Crippen LogP contribution is 2.25. The summed E-state index contributed by atoms with van der Waals surface area (Å²) >= 11 is 0. The third kappa shape index (κ3) is 4.70. The molecule has 0 radical (unpaired) electrons. The lowest BCUT2D eigenvalue weighted by Crippen LogP contribution is -2.44. The smallest absolute Gasteiger partial charge is 0.161 e. The van der Waals surface area contributed by atoms with Crippen LogP contribution in [0.3, 0.4) is 0 Å². The zero-order valence-corrected chi connectivity index (χ0v) is 14.7. The first kappa shape index (κ1) is 17.7. The highest BCUT2D eigenvalue weighted by atomic mass is 16.7. The summed E-state index contributed by atoms with van der Waals surface area (Å²) in [4.78, 5) is 2.30. The second kappa shape index (κ2) is 8.30. The first-order valence-corrected chi connectivity index (χ1v) is 8.95. The van der Waals surface area contributed by atoms with Crippen molar-refractivity contribution in [3.63, 3.8) is 0 Å². The largest absolute Gasteiger partial charge is 0.491 e. The lowest BCUT2D eigenvalue weighted by Gasteiger charge is -2.35. The third-order valence-electron chi connectivity index (χ3n) is 4.82. The van der Waals surface area contributed by atoms with Gasteiger partial charge in [-0.1, -0.05) is 12.1 Å². The number of ether oxygens (including phenoxy) is 3. The molecule has 0 saturated carbocycles. The van der Waals surface area contributed by atoms with Gasteiger partial charge in [0.15, 0.2) is 6.29 Å². The van der Waals surface area contributed by atoms with E-state index in [0.29, 0.717) is 32.3 Å². The third-order valence-corrected chi connectivity index (χ3v) is 4.82. The highest BCUT2D eigenvalue weighted by molar-refractivity contribution is 5.35. The van der Waals surface area contributed by atoms with Crippen LogP contribution in [-0.2, 0) is 9.47 Å². The van der Waals surface area contributed by atoms with Crippen LogP contribution in [0, 0.1) is 19.8 Å². The van der Waals surface area contributed by atoms with Gasteiger partial charge >= 0.3 is 0 Å². The number of likely N-dealkylation sites (tertiary alicyclic amines) is 1. The van der Waals surface area contributed by atoms with Gasteiger partial charge in [0, 0.05) is 19.0 Å². The number of piperidine rings is 1. The molecule has 0 aliphatic carbocycles. The van der Waals surface area contributed by atoms with Gasteiger partial charge in [-0.3, -0.25) is 0 Å². The molecule has 0 bridgehead atoms. The van der Waals surface area contributed by atoms with E-state index in [1.54, 1.807) is 0 Å². The second-order valence-electron chi connectivity index (χ2n) is 7.01. The SMILES string of the molecule is Cc1ccc(C)c(OCC(O)CN2CCCC(C3OCCO3)C2)c1. The summed E-state index contributed by atoms with van der Waals surface area (Å²) in [6, 6.07) is 6.14. The monoisotopic (exact) mass is 335 g/mol. The summed E-state index contributed by atoms with van der Waals surface area (Å²) in [7, 11) is 0. The van der Waals surface area contributed by atoms with Crippen LogP contribution in [0.2, 0.25) is 0 Å². The number of hydrogen-bond donors (Lipinski definition) is 1. The Hall–Kier alpha value is -1.14. The summed E-state index contributed by atoms with van der Waals surface area (Å²) in [5.74, 6) is 1.27. The Morgan fingerprint density at radius 3 is 2.88 bits per heavy atom. The molecular formula is C19H29NO4. The fourth-order valence-electron chi connectivity index (χ4n) is 3.53. The number of hydrogen-bond acceptors (Lipinski definition) is 5. The van der Waals surface area contributed by atoms with Crippen LogP contribution in [0.25, 0.3) is 0 Å². The van der Waals surface area contributed by atoms with Gasteiger partial charge in [0.05, 0.1) is 13.2 Å². The fraction of sp³-hybridized carbons (Fsp3) is 0.684. The van der Waals surface area contributed by atoms with E-state index in [1.807, 2.05) is 26.0 Å². The molecule has 3 rings (SSSR count). The van der Waals surface area contributed by atoms with Gasteiger partial charge in [-0.25, -0.2) is 0 Å². The van der Waals surface area contributed by atoms with Crippen molar-refractivity contribution in [3.05, 3.63) is 29.3 Å². The van der Waals surface area contributed by atoms with Crippen molar-refractivity contribution in [1.29, 1.82) is 0 Å². The molecule has 2 unspecified atom stereocenters. The predicted octanol–water partition coefficient (Wildman–Crippen LogP) is 2.13. The Labute approximate surface area is 144 Å². The standard InChI is InChI=1S/C19H29NO4/c1-14-5-6-15(2)18(10-14)24-13-17(21)12-20-7-3-4-16(11-20)19-22-8-9-23-19/h5-6,10,16-17,19,21H,3-4,7-9,11-13H2,1-2H3. The van der Waals surface area contributed by atoms with E-state index in [-0.39, 0.29) is 6.29 Å². The van der Waals surface area contributed by atoms with Crippen LogP contribution in [0.1, 0.15) is 24.0 Å². The number of aliphatic hydroxyl groups excluding tert-OH is 1. The summed E-state index contributed by atoms with van der Waals surface area (Å²) in [5.41, 5.74) is 2.27. The highest BCUT2D eigenvalue weighted by Gasteiger charge is 2.31. The van der Waals surface area contributed by atoms with E-state index >= 15 is 0 Å². The van der Waals surface area contributed by atoms with Crippen molar-refractivity contribution in [1.82, 2.24) is 4.90 Å². The molecule has 2 aliphatic rings. The molecule has 2 aliphatic heterocycles. The molecule has 2 fully saturated rings. The number of aryl methyl sites for hydroxylation is 2. The van der Waals surface area contributed by atoms with Gasteiger partial charge in [-0.2, -0.15) is 0 Å². The molecule has 24 heavy (non-hydrogen) atoms. The van der Waals surface area contributed by atoms with E-state index in [9.17, 15) is 5.11 Å². The molecule has 0 spiro atoms. The number of nitrogens with zero attached hydrogens (tertiary/aromatic N) is 1. The van der Waals surface area contributed by atoms with Gasteiger partial charge in [0.1, 0.15) is 18.5 Å². The van der Waals surface area contributed by atoms with Crippen molar-refractivity contribution in [2.24, 2.45) is 5.92 Å². The Bertz CT molecular complexity index is 530. The Kier molecular flexibility index (Phi) is 6.11. The summed E-state index contributed by atoms with van der Waals surface area (Å²) in [6.45, 7) is 8.37. The van der Waals surface area contributed by atoms with Crippen LogP contribution in [0.15, 0.2) is 18.2 Å². The van der Waals surface area contributed by atoms with Gasteiger partial charge < -0.3 is 24.2 Å². The molecular weight excluding hydrogens is 306 g/mol. The average Bonchev–Trinajstić information content (AvgIpc) is 3.10. The first-order valence-electron chi connectivity index (χ1n) is 8.95. The van der Waals surface area contributed by atoms with Crippen LogP contribution in [0.5, 0.6) is 5.75 Å². The summed E-state index contributed by atoms with van der Waals surface area (Å²) in [6.07, 6.45) is 1.71. The minimum Gasteiger partial charge on any atom is -0.491 e. The molecule has 5 nitrogen and oxygen atoms in total. The second-order valence-corrected chi connectivity index (χ2v) is 7.01. The van der Waals surface area contributed by atoms with Gasteiger partial charge in [0.2, 0.25) is 0 Å². The molecule has 1 aromatic rings. The molecule has 0 aromatic heterocycles. The van der Waals surface area contributed by atoms with E-state index in [4.69, 9.17) is 14.2 Å². The zero-order chi connectivity index (χ0) is 16.9. The lowest BCUT2D eigenvalue weighted by molar-refractivity contribution is -0.103. The van der Waals surface area contributed by atoms with Crippen molar-refractivity contribution in [2.45, 2.75) is 39.1 Å². The maximum atomic E-state index is 10.3. The lowest BCUT2D eigenvalue weighted by atomic mass is 9.97. The van der Waals surface area contributed by atoms with Gasteiger partial charge in [-0.15, -0.1) is 0 Å². The molecule has 134 valence electrons. The molecule has 2 heterocycles. The number of benzene rings is 1. The van der Waals surface area contributed by atoms with Crippen molar-refractivity contribution < 1.29 is 19.3 Å². The molecule has 2 saturated heterocycles. The maximum absolute atomic E-state index is 10.3. The fourth-order valence-corrected chi connectivity index (χ4v) is 3.53. The minimum absolute atomic E-state index is 0.0591. The number of aliphatic hydroxyl groups is 1. The molecule has 0 amide bonds. The van der Waals surface area contributed by atoms with Gasteiger partial charge in [0.25, 0.3) is 0 Å². The average molecular weight is 335 g/mol. The van der Waals surface area contributed by atoms with E-state index < -0.39 is 6.10 Å². The Balaban J connectivity index is 1.45. The zero-order valence-electron chi connectivity index (χ0n) is 14.7. The summed E-state index contributed by atoms with van der Waals surface area (Å²) in [5, 5.41) is 10.3. The van der Waals surface area contributed by atoms with Crippen molar-refractivity contribution >= 4 is 0 Å².